The summed E-state index contributed by atoms with van der Waals surface area (Å²) in [4.78, 5) is 19.3. The maximum atomic E-state index is 11.5. The van der Waals surface area contributed by atoms with Crippen LogP contribution in [0.2, 0.25) is 5.15 Å². The summed E-state index contributed by atoms with van der Waals surface area (Å²) < 4.78 is 1.56. The van der Waals surface area contributed by atoms with Crippen LogP contribution in [-0.4, -0.2) is 24.7 Å². The van der Waals surface area contributed by atoms with Crippen LogP contribution in [-0.2, 0) is 0 Å². The summed E-state index contributed by atoms with van der Waals surface area (Å²) in [7, 11) is 0. The summed E-state index contributed by atoms with van der Waals surface area (Å²) >= 11 is 7.02. The van der Waals surface area contributed by atoms with Gasteiger partial charge in [-0.3, -0.25) is 4.57 Å². The Morgan fingerprint density at radius 3 is 2.88 bits per heavy atom. The van der Waals surface area contributed by atoms with E-state index in [2.05, 4.69) is 20.2 Å². The van der Waals surface area contributed by atoms with E-state index in [0.29, 0.717) is 15.3 Å². The molecule has 90 valence electrons. The molecular formula is C9H10ClN5OS. The van der Waals surface area contributed by atoms with Crippen molar-refractivity contribution in [2.45, 2.75) is 30.1 Å². The molecular weight excluding hydrogens is 262 g/mol. The zero-order valence-electron chi connectivity index (χ0n) is 9.22. The molecule has 0 radical (unpaired) electrons. The van der Waals surface area contributed by atoms with E-state index in [1.807, 2.05) is 13.8 Å². The summed E-state index contributed by atoms with van der Waals surface area (Å²) in [6, 6.07) is 1.65. The first kappa shape index (κ1) is 12.1. The Morgan fingerprint density at radius 1 is 1.47 bits per heavy atom. The predicted octanol–water partition coefficient (Wildman–Crippen LogP) is 1.75. The summed E-state index contributed by atoms with van der Waals surface area (Å²) in [6.45, 7) is 3.82. The molecule has 17 heavy (non-hydrogen) atoms. The lowest BCUT2D eigenvalue weighted by Crippen LogP contribution is -2.19. The van der Waals surface area contributed by atoms with Gasteiger partial charge in [0.2, 0.25) is 0 Å². The monoisotopic (exact) mass is 271 g/mol. The summed E-state index contributed by atoms with van der Waals surface area (Å²) in [5.41, 5.74) is -0.234. The summed E-state index contributed by atoms with van der Waals surface area (Å²) in [5, 5.41) is 7.92. The van der Waals surface area contributed by atoms with Crippen LogP contribution in [0.15, 0.2) is 27.4 Å². The van der Waals surface area contributed by atoms with Gasteiger partial charge >= 0.3 is 5.69 Å². The third kappa shape index (κ3) is 2.67. The number of nitrogens with one attached hydrogen (secondary N) is 1. The first-order valence-electron chi connectivity index (χ1n) is 4.90. The second-order valence-electron chi connectivity index (χ2n) is 3.56. The van der Waals surface area contributed by atoms with Crippen LogP contribution >= 0.6 is 23.4 Å². The van der Waals surface area contributed by atoms with Crippen molar-refractivity contribution in [1.29, 1.82) is 0 Å². The van der Waals surface area contributed by atoms with Gasteiger partial charge in [0.15, 0.2) is 5.16 Å². The van der Waals surface area contributed by atoms with Crippen LogP contribution in [0.3, 0.4) is 0 Å². The van der Waals surface area contributed by atoms with E-state index < -0.39 is 0 Å². The van der Waals surface area contributed by atoms with Crippen LogP contribution in [0.5, 0.6) is 0 Å². The highest BCUT2D eigenvalue weighted by atomic mass is 35.5. The van der Waals surface area contributed by atoms with E-state index in [1.54, 1.807) is 10.6 Å². The Kier molecular flexibility index (Phi) is 3.49. The molecule has 0 aliphatic rings. The van der Waals surface area contributed by atoms with Crippen molar-refractivity contribution >= 4 is 23.4 Å². The van der Waals surface area contributed by atoms with Gasteiger partial charge in [-0.15, -0.1) is 5.10 Å². The molecule has 2 aromatic heterocycles. The largest absolute Gasteiger partial charge is 0.344 e. The Morgan fingerprint density at radius 2 is 2.24 bits per heavy atom. The number of aromatic nitrogens is 5. The molecule has 0 atom stereocenters. The minimum Gasteiger partial charge on any atom is -0.267 e. The molecule has 2 rings (SSSR count). The SMILES string of the molecule is CC(C)n1c(Sc2cc(Cl)ncn2)n[nH]c1=O. The molecule has 2 heterocycles. The van der Waals surface area contributed by atoms with Crippen molar-refractivity contribution in [3.63, 3.8) is 0 Å². The molecule has 0 aromatic carbocycles. The van der Waals surface area contributed by atoms with E-state index in [1.165, 1.54) is 18.1 Å². The Bertz CT molecular complexity index is 579. The van der Waals surface area contributed by atoms with Gasteiger partial charge in [-0.1, -0.05) is 11.6 Å². The fourth-order valence-corrected chi connectivity index (χ4v) is 2.44. The lowest BCUT2D eigenvalue weighted by molar-refractivity contribution is 0.534. The fourth-order valence-electron chi connectivity index (χ4n) is 1.28. The van der Waals surface area contributed by atoms with Crippen molar-refractivity contribution in [2.75, 3.05) is 0 Å². The topological polar surface area (TPSA) is 76.5 Å². The predicted molar refractivity (Wildman–Crippen MR) is 64.4 cm³/mol. The maximum Gasteiger partial charge on any atom is 0.344 e. The van der Waals surface area contributed by atoms with E-state index in [0.717, 1.165) is 0 Å². The molecule has 2 aromatic rings. The van der Waals surface area contributed by atoms with Gasteiger partial charge in [0.1, 0.15) is 16.5 Å². The quantitative estimate of drug-likeness (QED) is 0.861. The molecule has 0 amide bonds. The van der Waals surface area contributed by atoms with Crippen molar-refractivity contribution in [3.8, 4) is 0 Å². The highest BCUT2D eigenvalue weighted by Crippen LogP contribution is 2.25. The third-order valence-electron chi connectivity index (χ3n) is 1.99. The number of H-pyrrole nitrogens is 1. The zero-order chi connectivity index (χ0) is 12.4. The van der Waals surface area contributed by atoms with Gasteiger partial charge in [-0.05, 0) is 25.6 Å². The molecule has 0 unspecified atom stereocenters. The maximum absolute atomic E-state index is 11.5. The van der Waals surface area contributed by atoms with E-state index in [-0.39, 0.29) is 11.7 Å². The molecule has 0 fully saturated rings. The third-order valence-corrected chi connectivity index (χ3v) is 3.10. The van der Waals surface area contributed by atoms with Crippen molar-refractivity contribution in [3.05, 3.63) is 28.0 Å². The zero-order valence-corrected chi connectivity index (χ0v) is 10.8. The van der Waals surface area contributed by atoms with Gasteiger partial charge in [-0.25, -0.2) is 19.9 Å². The van der Waals surface area contributed by atoms with Crippen molar-refractivity contribution in [2.24, 2.45) is 0 Å². The van der Waals surface area contributed by atoms with Gasteiger partial charge in [0, 0.05) is 12.1 Å². The molecule has 0 saturated heterocycles. The lowest BCUT2D eigenvalue weighted by Gasteiger charge is -2.07. The average molecular weight is 272 g/mol. The van der Waals surface area contributed by atoms with E-state index >= 15 is 0 Å². The first-order chi connectivity index (χ1) is 8.08. The van der Waals surface area contributed by atoms with Crippen LogP contribution in [0.4, 0.5) is 0 Å². The van der Waals surface area contributed by atoms with Crippen LogP contribution in [0.25, 0.3) is 0 Å². The van der Waals surface area contributed by atoms with Crippen LogP contribution in [0.1, 0.15) is 19.9 Å². The average Bonchev–Trinajstić information content (AvgIpc) is 2.59. The van der Waals surface area contributed by atoms with E-state index in [4.69, 9.17) is 11.6 Å². The highest BCUT2D eigenvalue weighted by Gasteiger charge is 2.13. The summed E-state index contributed by atoms with van der Waals surface area (Å²) in [6.07, 6.45) is 1.37. The Hall–Kier alpha value is -1.34. The number of nitrogens with zero attached hydrogens (tertiary/aromatic N) is 4. The number of rotatable bonds is 3. The normalized spacial score (nSPS) is 11.1. The smallest absolute Gasteiger partial charge is 0.267 e. The minimum absolute atomic E-state index is 0.0288. The number of halogens is 1. The lowest BCUT2D eigenvalue weighted by atomic mass is 10.4. The van der Waals surface area contributed by atoms with Crippen LogP contribution in [0, 0.1) is 0 Å². The molecule has 0 aliphatic carbocycles. The molecule has 1 N–H and O–H groups in total. The fraction of sp³-hybridized carbons (Fsp3) is 0.333. The van der Waals surface area contributed by atoms with Gasteiger partial charge in [-0.2, -0.15) is 0 Å². The Balaban J connectivity index is 2.34. The van der Waals surface area contributed by atoms with Crippen LogP contribution < -0.4 is 5.69 Å². The molecule has 6 nitrogen and oxygen atoms in total. The van der Waals surface area contributed by atoms with Gasteiger partial charge in [0.25, 0.3) is 0 Å². The summed E-state index contributed by atoms with van der Waals surface area (Å²) in [5.74, 6) is 0. The molecule has 0 saturated carbocycles. The molecule has 0 aliphatic heterocycles. The minimum atomic E-state index is -0.234. The van der Waals surface area contributed by atoms with Crippen molar-refractivity contribution < 1.29 is 0 Å². The van der Waals surface area contributed by atoms with E-state index in [9.17, 15) is 4.79 Å². The first-order valence-corrected chi connectivity index (χ1v) is 6.09. The highest BCUT2D eigenvalue weighted by molar-refractivity contribution is 7.99. The molecule has 0 bridgehead atoms. The Labute approximate surface area is 106 Å². The second-order valence-corrected chi connectivity index (χ2v) is 4.93. The number of hydrogen-bond acceptors (Lipinski definition) is 5. The van der Waals surface area contributed by atoms with Gasteiger partial charge in [0.05, 0.1) is 0 Å². The number of hydrogen-bond donors (Lipinski definition) is 1. The second kappa shape index (κ2) is 4.89. The van der Waals surface area contributed by atoms with Gasteiger partial charge < -0.3 is 0 Å². The molecule has 8 heteroatoms. The van der Waals surface area contributed by atoms with Crippen molar-refractivity contribution in [1.82, 2.24) is 24.7 Å². The molecule has 0 spiro atoms. The standard InChI is InChI=1S/C9H10ClN5OS/c1-5(2)15-8(16)13-14-9(15)17-7-3-6(10)11-4-12-7/h3-5H,1-2H3,(H,13,16). The number of aromatic amines is 1.